The molecule has 0 fully saturated rings. The van der Waals surface area contributed by atoms with Crippen LogP contribution in [0.5, 0.6) is 11.5 Å². The zero-order valence-corrected chi connectivity index (χ0v) is 18.2. The molecule has 0 radical (unpaired) electrons. The molecular weight excluding hydrogens is 408 g/mol. The number of aryl methyl sites for hydroxylation is 1. The van der Waals surface area contributed by atoms with Crippen molar-refractivity contribution in [1.82, 2.24) is 14.9 Å². The number of benzene rings is 2. The first-order chi connectivity index (χ1) is 15.6. The van der Waals surface area contributed by atoms with Gasteiger partial charge in [-0.05, 0) is 29.8 Å². The molecule has 3 aromatic rings. The minimum Gasteiger partial charge on any atom is -0.497 e. The largest absolute Gasteiger partial charge is 0.497 e. The van der Waals surface area contributed by atoms with Gasteiger partial charge in [0.2, 0.25) is 11.8 Å². The Bertz CT molecular complexity index is 1090. The highest BCUT2D eigenvalue weighted by Crippen LogP contribution is 2.31. The van der Waals surface area contributed by atoms with Crippen molar-refractivity contribution in [3.05, 3.63) is 72.3 Å². The number of methoxy groups -OCH3 is 1. The fourth-order valence-corrected chi connectivity index (χ4v) is 3.77. The average molecular weight is 434 g/mol. The number of aromatic nitrogens is 2. The first-order valence-electron chi connectivity index (χ1n) is 10.5. The van der Waals surface area contributed by atoms with E-state index >= 15 is 0 Å². The van der Waals surface area contributed by atoms with E-state index in [1.54, 1.807) is 18.2 Å². The van der Waals surface area contributed by atoms with Gasteiger partial charge in [-0.25, -0.2) is 4.98 Å². The number of rotatable bonds is 7. The Morgan fingerprint density at radius 2 is 1.94 bits per heavy atom. The van der Waals surface area contributed by atoms with Crippen LogP contribution in [0.3, 0.4) is 0 Å². The molecule has 1 atom stereocenters. The minimum absolute atomic E-state index is 0.0788. The van der Waals surface area contributed by atoms with E-state index in [1.807, 2.05) is 66.3 Å². The van der Waals surface area contributed by atoms with Crippen LogP contribution in [0.1, 0.15) is 30.3 Å². The lowest BCUT2D eigenvalue weighted by Crippen LogP contribution is -2.38. The number of ether oxygens (including phenoxy) is 2. The predicted octanol–water partition coefficient (Wildman–Crippen LogP) is 2.84. The number of carbonyl (C=O) groups excluding carboxylic acids is 2. The number of imidazole rings is 1. The molecule has 1 aliphatic rings. The molecule has 8 nitrogen and oxygen atoms in total. The molecule has 1 aromatic heterocycles. The van der Waals surface area contributed by atoms with Gasteiger partial charge in [0, 0.05) is 32.3 Å². The van der Waals surface area contributed by atoms with Crippen molar-refractivity contribution in [2.75, 3.05) is 25.2 Å². The average Bonchev–Trinajstić information content (AvgIpc) is 3.26. The van der Waals surface area contributed by atoms with Gasteiger partial charge in [0.25, 0.3) is 0 Å². The van der Waals surface area contributed by atoms with Crippen molar-refractivity contribution < 1.29 is 19.1 Å². The minimum atomic E-state index is -0.437. The number of nitrogens with zero attached hydrogens (tertiary/aromatic N) is 3. The van der Waals surface area contributed by atoms with Crippen molar-refractivity contribution in [3.8, 4) is 11.5 Å². The van der Waals surface area contributed by atoms with E-state index < -0.39 is 6.04 Å². The Kier molecular flexibility index (Phi) is 6.39. The van der Waals surface area contributed by atoms with Crippen LogP contribution in [-0.2, 0) is 16.6 Å². The Morgan fingerprint density at radius 1 is 1.16 bits per heavy atom. The third-order valence-corrected chi connectivity index (χ3v) is 5.47. The molecule has 0 saturated carbocycles. The Morgan fingerprint density at radius 3 is 2.66 bits per heavy atom. The summed E-state index contributed by atoms with van der Waals surface area (Å²) < 4.78 is 12.7. The Balaban J connectivity index is 1.44. The molecule has 1 aliphatic heterocycles. The van der Waals surface area contributed by atoms with Crippen LogP contribution in [0.4, 0.5) is 5.69 Å². The molecule has 4 rings (SSSR count). The Labute approximate surface area is 186 Å². The number of hydrogen-bond donors (Lipinski definition) is 1. The summed E-state index contributed by atoms with van der Waals surface area (Å²) in [5, 5.41) is 3.03. The van der Waals surface area contributed by atoms with Gasteiger partial charge < -0.3 is 24.3 Å². The molecule has 166 valence electrons. The van der Waals surface area contributed by atoms with Crippen molar-refractivity contribution in [1.29, 1.82) is 0 Å². The van der Waals surface area contributed by atoms with Crippen LogP contribution in [-0.4, -0.2) is 41.6 Å². The summed E-state index contributed by atoms with van der Waals surface area (Å²) in [5.74, 6) is 1.80. The molecule has 8 heteroatoms. The molecule has 1 unspecified atom stereocenters. The summed E-state index contributed by atoms with van der Waals surface area (Å²) >= 11 is 0. The highest BCUT2D eigenvalue weighted by Gasteiger charge is 2.25. The van der Waals surface area contributed by atoms with E-state index in [9.17, 15) is 9.59 Å². The number of hydrogen-bond acceptors (Lipinski definition) is 5. The van der Waals surface area contributed by atoms with E-state index in [2.05, 4.69) is 10.3 Å². The van der Waals surface area contributed by atoms with E-state index in [0.29, 0.717) is 24.7 Å². The SMILES string of the molecule is COc1ccc(C(NC(=O)CCC(=O)N2CCOc3ccccc32)c2nccn2C)cc1. The number of nitrogens with one attached hydrogen (secondary N) is 1. The van der Waals surface area contributed by atoms with E-state index in [-0.39, 0.29) is 24.7 Å². The maximum absolute atomic E-state index is 12.8. The van der Waals surface area contributed by atoms with Crippen molar-refractivity contribution >= 4 is 17.5 Å². The normalized spacial score (nSPS) is 13.6. The molecule has 0 bridgehead atoms. The lowest BCUT2D eigenvalue weighted by molar-refractivity contribution is -0.125. The third kappa shape index (κ3) is 4.59. The molecule has 2 amide bonds. The van der Waals surface area contributed by atoms with Crippen LogP contribution in [0.15, 0.2) is 60.9 Å². The summed E-state index contributed by atoms with van der Waals surface area (Å²) in [5.41, 5.74) is 1.62. The zero-order chi connectivity index (χ0) is 22.5. The topological polar surface area (TPSA) is 85.7 Å². The Hall–Kier alpha value is -3.81. The first-order valence-corrected chi connectivity index (χ1v) is 10.5. The van der Waals surface area contributed by atoms with Crippen molar-refractivity contribution in [3.63, 3.8) is 0 Å². The molecule has 2 aromatic carbocycles. The summed E-state index contributed by atoms with van der Waals surface area (Å²) in [6.07, 6.45) is 3.71. The molecule has 1 N–H and O–H groups in total. The highest BCUT2D eigenvalue weighted by atomic mass is 16.5. The number of amides is 2. The van der Waals surface area contributed by atoms with Crippen molar-refractivity contribution in [2.24, 2.45) is 7.05 Å². The highest BCUT2D eigenvalue weighted by molar-refractivity contribution is 5.97. The van der Waals surface area contributed by atoms with Crippen molar-refractivity contribution in [2.45, 2.75) is 18.9 Å². The van der Waals surface area contributed by atoms with E-state index in [4.69, 9.17) is 9.47 Å². The quantitative estimate of drug-likeness (QED) is 0.618. The second-order valence-corrected chi connectivity index (χ2v) is 7.53. The molecule has 32 heavy (non-hydrogen) atoms. The first kappa shape index (κ1) is 21.4. The van der Waals surface area contributed by atoms with Gasteiger partial charge in [0.1, 0.15) is 30.0 Å². The number of para-hydroxylation sites is 2. The van der Waals surface area contributed by atoms with Gasteiger partial charge in [-0.2, -0.15) is 0 Å². The van der Waals surface area contributed by atoms with Crippen LogP contribution in [0, 0.1) is 0 Å². The molecular formula is C24H26N4O4. The maximum atomic E-state index is 12.8. The number of anilines is 1. The van der Waals surface area contributed by atoms with Gasteiger partial charge in [0.15, 0.2) is 0 Å². The molecule has 0 aliphatic carbocycles. The van der Waals surface area contributed by atoms with Crippen LogP contribution < -0.4 is 19.7 Å². The monoisotopic (exact) mass is 434 g/mol. The van der Waals surface area contributed by atoms with Gasteiger partial charge in [-0.1, -0.05) is 24.3 Å². The van der Waals surface area contributed by atoms with E-state index in [0.717, 1.165) is 17.0 Å². The standard InChI is InChI=1S/C24H26N4O4/c1-27-14-13-25-24(27)23(17-7-9-18(31-2)10-8-17)26-21(29)11-12-22(30)28-15-16-32-20-6-4-3-5-19(20)28/h3-10,13-14,23H,11-12,15-16H2,1-2H3,(H,26,29). The summed E-state index contributed by atoms with van der Waals surface area (Å²) in [7, 11) is 3.49. The van der Waals surface area contributed by atoms with Gasteiger partial charge in [-0.3, -0.25) is 9.59 Å². The molecule has 2 heterocycles. The van der Waals surface area contributed by atoms with Crippen LogP contribution >= 0.6 is 0 Å². The second-order valence-electron chi connectivity index (χ2n) is 7.53. The predicted molar refractivity (Wildman–Crippen MR) is 120 cm³/mol. The van der Waals surface area contributed by atoms with Gasteiger partial charge >= 0.3 is 0 Å². The van der Waals surface area contributed by atoms with Crippen LogP contribution in [0.25, 0.3) is 0 Å². The lowest BCUT2D eigenvalue weighted by Gasteiger charge is -2.29. The summed E-state index contributed by atoms with van der Waals surface area (Å²) in [6.45, 7) is 0.910. The lowest BCUT2D eigenvalue weighted by atomic mass is 10.1. The van der Waals surface area contributed by atoms with Gasteiger partial charge in [-0.15, -0.1) is 0 Å². The fraction of sp³-hybridized carbons (Fsp3) is 0.292. The zero-order valence-electron chi connectivity index (χ0n) is 18.2. The molecule has 0 saturated heterocycles. The summed E-state index contributed by atoms with van der Waals surface area (Å²) in [4.78, 5) is 31.8. The number of fused-ring (bicyclic) bond motifs is 1. The van der Waals surface area contributed by atoms with Gasteiger partial charge in [0.05, 0.1) is 19.3 Å². The third-order valence-electron chi connectivity index (χ3n) is 5.47. The summed E-state index contributed by atoms with van der Waals surface area (Å²) in [6, 6.07) is 14.5. The van der Waals surface area contributed by atoms with E-state index in [1.165, 1.54) is 0 Å². The fourth-order valence-electron chi connectivity index (χ4n) is 3.77. The second kappa shape index (κ2) is 9.55. The number of carbonyl (C=O) groups is 2. The molecule has 0 spiro atoms. The van der Waals surface area contributed by atoms with Crippen LogP contribution in [0.2, 0.25) is 0 Å². The maximum Gasteiger partial charge on any atom is 0.227 e. The smallest absolute Gasteiger partial charge is 0.227 e.